The van der Waals surface area contributed by atoms with Gasteiger partial charge in [-0.25, -0.2) is 0 Å². The highest BCUT2D eigenvalue weighted by atomic mass is 16.2. The molecule has 1 fully saturated rings. The minimum Gasteiger partial charge on any atom is -0.339 e. The van der Waals surface area contributed by atoms with E-state index in [1.165, 1.54) is 19.3 Å². The lowest BCUT2D eigenvalue weighted by atomic mass is 9.96. The highest BCUT2D eigenvalue weighted by Gasteiger charge is 2.23. The molecule has 2 heterocycles. The molecule has 1 N–H and O–H groups in total. The van der Waals surface area contributed by atoms with Crippen LogP contribution in [0.15, 0.2) is 6.20 Å². The number of aromatic amines is 1. The average Bonchev–Trinajstić information content (AvgIpc) is 2.78. The van der Waals surface area contributed by atoms with Gasteiger partial charge in [0.05, 0.1) is 11.8 Å². The van der Waals surface area contributed by atoms with Crippen molar-refractivity contribution in [2.24, 2.45) is 5.92 Å². The molecule has 0 saturated carbocycles. The van der Waals surface area contributed by atoms with E-state index in [1.807, 2.05) is 11.8 Å². The first kappa shape index (κ1) is 14.1. The number of hydrogen-bond donors (Lipinski definition) is 1. The minimum absolute atomic E-state index is 0.155. The molecule has 4 heteroatoms. The van der Waals surface area contributed by atoms with E-state index < -0.39 is 0 Å². The maximum Gasteiger partial charge on any atom is 0.257 e. The quantitative estimate of drug-likeness (QED) is 0.907. The van der Waals surface area contributed by atoms with E-state index in [4.69, 9.17) is 0 Å². The molecule has 19 heavy (non-hydrogen) atoms. The summed E-state index contributed by atoms with van der Waals surface area (Å²) >= 11 is 0. The molecule has 1 aromatic heterocycles. The molecule has 1 atom stereocenters. The van der Waals surface area contributed by atoms with Crippen molar-refractivity contribution in [1.29, 1.82) is 0 Å². The van der Waals surface area contributed by atoms with E-state index in [0.717, 1.165) is 49.5 Å². The molecule has 0 aliphatic carbocycles. The van der Waals surface area contributed by atoms with Gasteiger partial charge < -0.3 is 4.90 Å². The Hall–Kier alpha value is -1.32. The first-order valence-corrected chi connectivity index (χ1v) is 7.57. The fraction of sp³-hybridized carbons (Fsp3) is 0.733. The Kier molecular flexibility index (Phi) is 5.00. The molecule has 1 unspecified atom stereocenters. The number of carbonyl (C=O) groups excluding carboxylic acids is 1. The third-order valence-electron chi connectivity index (χ3n) is 4.13. The number of amides is 1. The summed E-state index contributed by atoms with van der Waals surface area (Å²) in [5.74, 6) is 0.959. The zero-order chi connectivity index (χ0) is 13.7. The van der Waals surface area contributed by atoms with E-state index in [1.54, 1.807) is 6.20 Å². The van der Waals surface area contributed by atoms with Gasteiger partial charge in [0.25, 0.3) is 5.91 Å². The van der Waals surface area contributed by atoms with Gasteiger partial charge in [-0.15, -0.1) is 0 Å². The number of carbonyl (C=O) groups is 1. The largest absolute Gasteiger partial charge is 0.339 e. The molecule has 0 radical (unpaired) electrons. The SMILES string of the molecule is CCCC1CCCN(C(=O)c2cn[nH]c2CC)CC1. The second kappa shape index (κ2) is 6.73. The van der Waals surface area contributed by atoms with Crippen LogP contribution >= 0.6 is 0 Å². The van der Waals surface area contributed by atoms with E-state index in [9.17, 15) is 4.79 Å². The number of H-pyrrole nitrogens is 1. The minimum atomic E-state index is 0.155. The van der Waals surface area contributed by atoms with Crippen LogP contribution < -0.4 is 0 Å². The number of aromatic nitrogens is 2. The number of aryl methyl sites for hydroxylation is 1. The second-order valence-electron chi connectivity index (χ2n) is 5.49. The van der Waals surface area contributed by atoms with Gasteiger partial charge in [0, 0.05) is 18.8 Å². The topological polar surface area (TPSA) is 49.0 Å². The number of likely N-dealkylation sites (tertiary alicyclic amines) is 1. The summed E-state index contributed by atoms with van der Waals surface area (Å²) in [5, 5.41) is 6.93. The van der Waals surface area contributed by atoms with Crippen molar-refractivity contribution < 1.29 is 4.79 Å². The average molecular weight is 263 g/mol. The van der Waals surface area contributed by atoms with Crippen molar-refractivity contribution >= 4 is 5.91 Å². The summed E-state index contributed by atoms with van der Waals surface area (Å²) in [5.41, 5.74) is 1.72. The first-order chi connectivity index (χ1) is 9.26. The van der Waals surface area contributed by atoms with Crippen molar-refractivity contribution in [2.75, 3.05) is 13.1 Å². The Morgan fingerprint density at radius 1 is 1.42 bits per heavy atom. The normalized spacial score (nSPS) is 20.3. The Morgan fingerprint density at radius 2 is 2.26 bits per heavy atom. The van der Waals surface area contributed by atoms with Gasteiger partial charge in [0.1, 0.15) is 0 Å². The first-order valence-electron chi connectivity index (χ1n) is 7.57. The van der Waals surface area contributed by atoms with Crippen LogP contribution in [0.4, 0.5) is 0 Å². The lowest BCUT2D eigenvalue weighted by molar-refractivity contribution is 0.0759. The molecule has 4 nitrogen and oxygen atoms in total. The molecule has 1 aliphatic rings. The Balaban J connectivity index is 2.00. The lowest BCUT2D eigenvalue weighted by Gasteiger charge is -2.20. The fourth-order valence-corrected chi connectivity index (χ4v) is 3.00. The molecular formula is C15H25N3O. The molecule has 2 rings (SSSR count). The summed E-state index contributed by atoms with van der Waals surface area (Å²) in [7, 11) is 0. The third kappa shape index (κ3) is 3.37. The fourth-order valence-electron chi connectivity index (χ4n) is 3.00. The number of rotatable bonds is 4. The molecule has 1 aromatic rings. The lowest BCUT2D eigenvalue weighted by Crippen LogP contribution is -2.32. The molecule has 1 saturated heterocycles. The Bertz CT molecular complexity index is 413. The van der Waals surface area contributed by atoms with Crippen LogP contribution in [0, 0.1) is 5.92 Å². The number of nitrogens with one attached hydrogen (secondary N) is 1. The number of hydrogen-bond acceptors (Lipinski definition) is 2. The van der Waals surface area contributed by atoms with Crippen LogP contribution in [-0.4, -0.2) is 34.1 Å². The summed E-state index contributed by atoms with van der Waals surface area (Å²) in [6.07, 6.45) is 8.61. The maximum atomic E-state index is 12.5. The van der Waals surface area contributed by atoms with Gasteiger partial charge >= 0.3 is 0 Å². The zero-order valence-electron chi connectivity index (χ0n) is 12.1. The maximum absolute atomic E-state index is 12.5. The summed E-state index contributed by atoms with van der Waals surface area (Å²) < 4.78 is 0. The zero-order valence-corrected chi connectivity index (χ0v) is 12.1. The van der Waals surface area contributed by atoms with Crippen LogP contribution in [0.3, 0.4) is 0 Å². The van der Waals surface area contributed by atoms with E-state index >= 15 is 0 Å². The molecule has 0 bridgehead atoms. The molecule has 1 aliphatic heterocycles. The van der Waals surface area contributed by atoms with Gasteiger partial charge in [0.2, 0.25) is 0 Å². The Labute approximate surface area is 115 Å². The van der Waals surface area contributed by atoms with Gasteiger partial charge in [-0.2, -0.15) is 5.10 Å². The van der Waals surface area contributed by atoms with Gasteiger partial charge in [0.15, 0.2) is 0 Å². The van der Waals surface area contributed by atoms with E-state index in [-0.39, 0.29) is 5.91 Å². The number of nitrogens with zero attached hydrogens (tertiary/aromatic N) is 2. The predicted molar refractivity (Wildman–Crippen MR) is 76.1 cm³/mol. The van der Waals surface area contributed by atoms with Crippen LogP contribution in [-0.2, 0) is 6.42 Å². The second-order valence-corrected chi connectivity index (χ2v) is 5.49. The van der Waals surface area contributed by atoms with Gasteiger partial charge in [-0.1, -0.05) is 26.7 Å². The molecule has 1 amide bonds. The van der Waals surface area contributed by atoms with Crippen molar-refractivity contribution in [1.82, 2.24) is 15.1 Å². The smallest absolute Gasteiger partial charge is 0.257 e. The van der Waals surface area contributed by atoms with Crippen molar-refractivity contribution in [3.8, 4) is 0 Å². The molecule has 106 valence electrons. The summed E-state index contributed by atoms with van der Waals surface area (Å²) in [6, 6.07) is 0. The van der Waals surface area contributed by atoms with Crippen LogP contribution in [0.25, 0.3) is 0 Å². The van der Waals surface area contributed by atoms with Crippen molar-refractivity contribution in [3.63, 3.8) is 0 Å². The molecule has 0 aromatic carbocycles. The van der Waals surface area contributed by atoms with Crippen LogP contribution in [0.2, 0.25) is 0 Å². The monoisotopic (exact) mass is 263 g/mol. The summed E-state index contributed by atoms with van der Waals surface area (Å²) in [4.78, 5) is 14.5. The van der Waals surface area contributed by atoms with Crippen LogP contribution in [0.5, 0.6) is 0 Å². The third-order valence-corrected chi connectivity index (χ3v) is 4.13. The molecule has 0 spiro atoms. The predicted octanol–water partition coefficient (Wildman–Crippen LogP) is 3.01. The van der Waals surface area contributed by atoms with Crippen molar-refractivity contribution in [2.45, 2.75) is 52.4 Å². The van der Waals surface area contributed by atoms with Crippen molar-refractivity contribution in [3.05, 3.63) is 17.5 Å². The van der Waals surface area contributed by atoms with Gasteiger partial charge in [-0.3, -0.25) is 9.89 Å². The van der Waals surface area contributed by atoms with E-state index in [0.29, 0.717) is 0 Å². The highest BCUT2D eigenvalue weighted by Crippen LogP contribution is 2.23. The highest BCUT2D eigenvalue weighted by molar-refractivity contribution is 5.95. The molecular weight excluding hydrogens is 238 g/mol. The van der Waals surface area contributed by atoms with Crippen LogP contribution in [0.1, 0.15) is 62.0 Å². The summed E-state index contributed by atoms with van der Waals surface area (Å²) in [6.45, 7) is 6.09. The van der Waals surface area contributed by atoms with E-state index in [2.05, 4.69) is 17.1 Å². The Morgan fingerprint density at radius 3 is 3.00 bits per heavy atom. The van der Waals surface area contributed by atoms with Gasteiger partial charge in [-0.05, 0) is 31.6 Å². The standard InChI is InChI=1S/C15H25N3O/c1-3-6-12-7-5-9-18(10-8-12)15(19)13-11-16-17-14(13)4-2/h11-12H,3-10H2,1-2H3,(H,16,17).